The lowest BCUT2D eigenvalue weighted by atomic mass is 9.93. The molecule has 0 saturated carbocycles. The largest absolute Gasteiger partial charge is 0.504 e. The number of hydrogen-bond donors (Lipinski definition) is 1. The van der Waals surface area contributed by atoms with E-state index in [9.17, 15) is 5.11 Å². The van der Waals surface area contributed by atoms with Crippen LogP contribution in [-0.2, 0) is 6.54 Å². The van der Waals surface area contributed by atoms with E-state index in [1.54, 1.807) is 13.2 Å². The number of benzene rings is 1. The number of nitrogens with zero attached hydrogens (tertiary/aromatic N) is 3. The fraction of sp³-hybridized carbons (Fsp3) is 0.471. The molecule has 1 saturated heterocycles. The summed E-state index contributed by atoms with van der Waals surface area (Å²) in [5, 5.41) is 9.91. The summed E-state index contributed by atoms with van der Waals surface area (Å²) < 4.78 is 7.31. The highest BCUT2D eigenvalue weighted by Gasteiger charge is 2.27. The average Bonchev–Trinajstić information content (AvgIpc) is 3.03. The van der Waals surface area contributed by atoms with Crippen LogP contribution >= 0.6 is 0 Å². The van der Waals surface area contributed by atoms with Crippen molar-refractivity contribution in [1.82, 2.24) is 14.5 Å². The average molecular weight is 301 g/mol. The maximum Gasteiger partial charge on any atom is 0.160 e. The van der Waals surface area contributed by atoms with Crippen LogP contribution < -0.4 is 4.74 Å². The number of rotatable bonds is 4. The van der Waals surface area contributed by atoms with Crippen LogP contribution in [0.4, 0.5) is 0 Å². The summed E-state index contributed by atoms with van der Waals surface area (Å²) in [7, 11) is 1.57. The van der Waals surface area contributed by atoms with Crippen LogP contribution in [0.5, 0.6) is 11.5 Å². The maximum absolute atomic E-state index is 9.91. The summed E-state index contributed by atoms with van der Waals surface area (Å²) in [6.07, 6.45) is 6.96. The fourth-order valence-electron chi connectivity index (χ4n) is 3.20. The second-order valence-corrected chi connectivity index (χ2v) is 6.08. The van der Waals surface area contributed by atoms with Crippen molar-refractivity contribution in [2.24, 2.45) is 5.92 Å². The molecular weight excluding hydrogens is 278 g/mol. The predicted octanol–water partition coefficient (Wildman–Crippen LogP) is 2.68. The number of phenolic OH excluding ortho intramolecular Hbond substituents is 1. The van der Waals surface area contributed by atoms with Gasteiger partial charge in [0.05, 0.1) is 13.4 Å². The lowest BCUT2D eigenvalue weighted by Gasteiger charge is -2.37. The Hall–Kier alpha value is -2.01. The van der Waals surface area contributed by atoms with Crippen molar-refractivity contribution in [3.05, 3.63) is 42.5 Å². The minimum atomic E-state index is 0.205. The van der Waals surface area contributed by atoms with Gasteiger partial charge < -0.3 is 14.4 Å². The van der Waals surface area contributed by atoms with E-state index < -0.39 is 0 Å². The highest BCUT2D eigenvalue weighted by molar-refractivity contribution is 5.41. The van der Waals surface area contributed by atoms with Crippen molar-refractivity contribution in [2.75, 3.05) is 20.2 Å². The zero-order chi connectivity index (χ0) is 15.5. The minimum absolute atomic E-state index is 0.205. The van der Waals surface area contributed by atoms with E-state index in [1.165, 1.54) is 6.42 Å². The Labute approximate surface area is 131 Å². The van der Waals surface area contributed by atoms with Crippen molar-refractivity contribution < 1.29 is 9.84 Å². The van der Waals surface area contributed by atoms with E-state index in [1.807, 2.05) is 30.9 Å². The van der Waals surface area contributed by atoms with Crippen LogP contribution in [0.1, 0.15) is 24.9 Å². The molecule has 3 rings (SSSR count). The molecule has 0 radical (unpaired) electrons. The number of hydrogen-bond acceptors (Lipinski definition) is 4. The van der Waals surface area contributed by atoms with Crippen LogP contribution in [0.3, 0.4) is 0 Å². The monoisotopic (exact) mass is 301 g/mol. The molecule has 2 aromatic rings. The zero-order valence-corrected chi connectivity index (χ0v) is 13.1. The Kier molecular flexibility index (Phi) is 4.34. The van der Waals surface area contributed by atoms with Crippen LogP contribution in [0, 0.1) is 5.92 Å². The Morgan fingerprint density at radius 1 is 1.41 bits per heavy atom. The molecule has 0 spiro atoms. The Morgan fingerprint density at radius 2 is 2.27 bits per heavy atom. The van der Waals surface area contributed by atoms with E-state index in [2.05, 4.69) is 21.4 Å². The van der Waals surface area contributed by atoms with Crippen LogP contribution in [0.25, 0.3) is 0 Å². The molecule has 2 atom stereocenters. The molecule has 1 fully saturated rings. The van der Waals surface area contributed by atoms with Gasteiger partial charge in [0.2, 0.25) is 0 Å². The topological polar surface area (TPSA) is 50.5 Å². The molecule has 5 nitrogen and oxygen atoms in total. The quantitative estimate of drug-likeness (QED) is 0.943. The number of aromatic nitrogens is 2. The number of ether oxygens (including phenoxy) is 1. The van der Waals surface area contributed by atoms with Gasteiger partial charge in [-0.15, -0.1) is 0 Å². The molecule has 1 aromatic carbocycles. The first-order chi connectivity index (χ1) is 10.7. The molecule has 0 bridgehead atoms. The second kappa shape index (κ2) is 6.40. The summed E-state index contributed by atoms with van der Waals surface area (Å²) in [6, 6.07) is 6.10. The Bertz CT molecular complexity index is 612. The Morgan fingerprint density at radius 3 is 2.95 bits per heavy atom. The van der Waals surface area contributed by atoms with Gasteiger partial charge in [0, 0.05) is 31.5 Å². The van der Waals surface area contributed by atoms with E-state index in [4.69, 9.17) is 4.74 Å². The maximum atomic E-state index is 9.91. The summed E-state index contributed by atoms with van der Waals surface area (Å²) in [5.41, 5.74) is 1.11. The summed E-state index contributed by atoms with van der Waals surface area (Å²) in [5.74, 6) is 1.37. The lowest BCUT2D eigenvalue weighted by molar-refractivity contribution is 0.126. The van der Waals surface area contributed by atoms with Gasteiger partial charge in [-0.1, -0.05) is 13.0 Å². The molecule has 1 aliphatic heterocycles. The predicted molar refractivity (Wildman–Crippen MR) is 85.0 cm³/mol. The molecular formula is C17H23N3O2. The highest BCUT2D eigenvalue weighted by atomic mass is 16.5. The van der Waals surface area contributed by atoms with Crippen molar-refractivity contribution in [1.29, 1.82) is 0 Å². The SMILES string of the molecule is COc1ccc(CN2CC[C@H](C)[C@H](n3ccnc3)C2)cc1O. The third kappa shape index (κ3) is 3.09. The molecule has 1 aliphatic rings. The van der Waals surface area contributed by atoms with Gasteiger partial charge in [-0.25, -0.2) is 4.98 Å². The molecule has 1 aromatic heterocycles. The van der Waals surface area contributed by atoms with Crippen molar-refractivity contribution >= 4 is 0 Å². The standard InChI is InChI=1S/C17H23N3O2/c1-13-5-7-19(11-15(13)20-8-6-18-12-20)10-14-3-4-17(22-2)16(21)9-14/h3-4,6,8-9,12-13,15,21H,5,7,10-11H2,1-2H3/t13-,15+/m0/s1. The molecule has 2 heterocycles. The fourth-order valence-corrected chi connectivity index (χ4v) is 3.20. The number of likely N-dealkylation sites (tertiary alicyclic amines) is 1. The van der Waals surface area contributed by atoms with Gasteiger partial charge >= 0.3 is 0 Å². The number of phenols is 1. The summed E-state index contributed by atoms with van der Waals surface area (Å²) in [6.45, 7) is 5.24. The van der Waals surface area contributed by atoms with Crippen molar-refractivity contribution in [3.63, 3.8) is 0 Å². The van der Waals surface area contributed by atoms with Gasteiger partial charge in [0.15, 0.2) is 11.5 Å². The minimum Gasteiger partial charge on any atom is -0.504 e. The van der Waals surface area contributed by atoms with E-state index >= 15 is 0 Å². The van der Waals surface area contributed by atoms with Crippen LogP contribution in [0.2, 0.25) is 0 Å². The number of piperidine rings is 1. The van der Waals surface area contributed by atoms with Crippen molar-refractivity contribution in [2.45, 2.75) is 25.9 Å². The lowest BCUT2D eigenvalue weighted by Crippen LogP contribution is -2.40. The first kappa shape index (κ1) is 14.9. The number of imidazole rings is 1. The second-order valence-electron chi connectivity index (χ2n) is 6.08. The molecule has 0 amide bonds. The van der Waals surface area contributed by atoms with Crippen LogP contribution in [-0.4, -0.2) is 39.8 Å². The Balaban J connectivity index is 1.69. The summed E-state index contributed by atoms with van der Waals surface area (Å²) in [4.78, 5) is 6.61. The normalized spacial score (nSPS) is 22.6. The van der Waals surface area contributed by atoms with Gasteiger partial charge in [0.1, 0.15) is 0 Å². The molecule has 0 unspecified atom stereocenters. The molecule has 5 heteroatoms. The number of aromatic hydroxyl groups is 1. The molecule has 0 aliphatic carbocycles. The van der Waals surface area contributed by atoms with Gasteiger partial charge in [-0.05, 0) is 36.6 Å². The smallest absolute Gasteiger partial charge is 0.160 e. The van der Waals surface area contributed by atoms with Crippen molar-refractivity contribution in [3.8, 4) is 11.5 Å². The number of methoxy groups -OCH3 is 1. The van der Waals surface area contributed by atoms with E-state index in [0.29, 0.717) is 17.7 Å². The zero-order valence-electron chi connectivity index (χ0n) is 13.1. The summed E-state index contributed by atoms with van der Waals surface area (Å²) >= 11 is 0. The van der Waals surface area contributed by atoms with Gasteiger partial charge in [0.25, 0.3) is 0 Å². The third-order valence-electron chi connectivity index (χ3n) is 4.56. The first-order valence-corrected chi connectivity index (χ1v) is 7.73. The highest BCUT2D eigenvalue weighted by Crippen LogP contribution is 2.30. The van der Waals surface area contributed by atoms with Gasteiger partial charge in [-0.2, -0.15) is 0 Å². The van der Waals surface area contributed by atoms with Crippen LogP contribution in [0.15, 0.2) is 36.9 Å². The molecule has 1 N–H and O–H groups in total. The van der Waals surface area contributed by atoms with Gasteiger partial charge in [-0.3, -0.25) is 4.90 Å². The molecule has 22 heavy (non-hydrogen) atoms. The third-order valence-corrected chi connectivity index (χ3v) is 4.56. The van der Waals surface area contributed by atoms with E-state index in [0.717, 1.165) is 25.2 Å². The van der Waals surface area contributed by atoms with E-state index in [-0.39, 0.29) is 5.75 Å². The first-order valence-electron chi connectivity index (χ1n) is 7.73. The molecule has 118 valence electrons.